The summed E-state index contributed by atoms with van der Waals surface area (Å²) in [7, 11) is 0. The van der Waals surface area contributed by atoms with Crippen molar-refractivity contribution in [3.63, 3.8) is 0 Å². The molecule has 0 spiro atoms. The van der Waals surface area contributed by atoms with Crippen LogP contribution in [0.15, 0.2) is 24.3 Å². The monoisotopic (exact) mass is 302 g/mol. The lowest BCUT2D eigenvalue weighted by Gasteiger charge is -2.13. The van der Waals surface area contributed by atoms with Crippen LogP contribution >= 0.6 is 0 Å². The average molecular weight is 303 g/mol. The van der Waals surface area contributed by atoms with E-state index in [4.69, 9.17) is 0 Å². The predicted molar refractivity (Wildman–Crippen MR) is 101 cm³/mol. The van der Waals surface area contributed by atoms with Crippen LogP contribution in [0.2, 0.25) is 0 Å². The Kier molecular flexibility index (Phi) is 12.1. The smallest absolute Gasteiger partial charge is 0.0276 e. The van der Waals surface area contributed by atoms with Gasteiger partial charge in [-0.2, -0.15) is 0 Å². The number of fused-ring (bicyclic) bond motifs is 1. The van der Waals surface area contributed by atoms with Crippen molar-refractivity contribution in [1.82, 2.24) is 0 Å². The van der Waals surface area contributed by atoms with Crippen molar-refractivity contribution in [3.8, 4) is 0 Å². The van der Waals surface area contributed by atoms with Crippen LogP contribution in [0.5, 0.6) is 0 Å². The number of aryl methyl sites for hydroxylation is 2. The van der Waals surface area contributed by atoms with E-state index >= 15 is 0 Å². The largest absolute Gasteiger partial charge is 0.0654 e. The van der Waals surface area contributed by atoms with Crippen LogP contribution in [-0.4, -0.2) is 0 Å². The molecule has 0 heteroatoms. The molecule has 0 saturated heterocycles. The van der Waals surface area contributed by atoms with Gasteiger partial charge in [0, 0.05) is 0 Å². The molecule has 126 valence electrons. The number of benzene rings is 1. The van der Waals surface area contributed by atoms with Crippen LogP contribution in [-0.2, 0) is 12.8 Å². The standard InChI is InChI=1S/C12H26.C10H12/c1-3-5-7-9-11-12-10-8-6-4-2;1-2-6-10-8-4-3-7-9(10)5-1/h3-12H2,1-2H3;1-2,5-6H,3-4,7-8H2. The van der Waals surface area contributed by atoms with Crippen molar-refractivity contribution >= 4 is 0 Å². The van der Waals surface area contributed by atoms with Gasteiger partial charge in [0.25, 0.3) is 0 Å². The first-order valence-corrected chi connectivity index (χ1v) is 9.95. The van der Waals surface area contributed by atoms with Gasteiger partial charge < -0.3 is 0 Å². The highest BCUT2D eigenvalue weighted by Gasteiger charge is 2.05. The Labute approximate surface area is 139 Å². The van der Waals surface area contributed by atoms with Crippen molar-refractivity contribution in [2.24, 2.45) is 0 Å². The lowest BCUT2D eigenvalue weighted by Crippen LogP contribution is -2.00. The van der Waals surface area contributed by atoms with Gasteiger partial charge in [0.15, 0.2) is 0 Å². The van der Waals surface area contributed by atoms with E-state index < -0.39 is 0 Å². The van der Waals surface area contributed by atoms with Gasteiger partial charge in [-0.1, -0.05) is 102 Å². The van der Waals surface area contributed by atoms with E-state index in [9.17, 15) is 0 Å². The molecule has 0 unspecified atom stereocenters. The number of hydrogen-bond donors (Lipinski definition) is 0. The molecule has 0 atom stereocenters. The molecular formula is C22H38. The lowest BCUT2D eigenvalue weighted by atomic mass is 9.92. The number of unbranched alkanes of at least 4 members (excludes halogenated alkanes) is 9. The summed E-state index contributed by atoms with van der Waals surface area (Å²) in [5, 5.41) is 0. The third kappa shape index (κ3) is 9.28. The number of rotatable bonds is 9. The van der Waals surface area contributed by atoms with Gasteiger partial charge >= 0.3 is 0 Å². The summed E-state index contributed by atoms with van der Waals surface area (Å²) in [4.78, 5) is 0. The zero-order chi connectivity index (χ0) is 15.9. The van der Waals surface area contributed by atoms with Crippen LogP contribution in [0.4, 0.5) is 0 Å². The maximum Gasteiger partial charge on any atom is -0.0276 e. The summed E-state index contributed by atoms with van der Waals surface area (Å²) in [6.07, 6.45) is 19.8. The Morgan fingerprint density at radius 2 is 0.955 bits per heavy atom. The second-order valence-electron chi connectivity index (χ2n) is 6.80. The summed E-state index contributed by atoms with van der Waals surface area (Å²) < 4.78 is 0. The molecule has 0 radical (unpaired) electrons. The average Bonchev–Trinajstić information content (AvgIpc) is 2.58. The van der Waals surface area contributed by atoms with Crippen LogP contribution in [0.1, 0.15) is 102 Å². The third-order valence-corrected chi connectivity index (χ3v) is 4.72. The molecule has 0 aromatic heterocycles. The molecule has 0 amide bonds. The van der Waals surface area contributed by atoms with Gasteiger partial charge in [0.2, 0.25) is 0 Å². The molecule has 0 nitrogen and oxygen atoms in total. The highest BCUT2D eigenvalue weighted by molar-refractivity contribution is 5.28. The maximum atomic E-state index is 2.28. The van der Waals surface area contributed by atoms with E-state index in [1.807, 2.05) is 0 Å². The van der Waals surface area contributed by atoms with Crippen molar-refractivity contribution in [2.75, 3.05) is 0 Å². The van der Waals surface area contributed by atoms with Crippen LogP contribution in [0.3, 0.4) is 0 Å². The first-order chi connectivity index (χ1) is 10.9. The van der Waals surface area contributed by atoms with Gasteiger partial charge in [-0.25, -0.2) is 0 Å². The minimum atomic E-state index is 1.30. The van der Waals surface area contributed by atoms with E-state index in [1.54, 1.807) is 11.1 Å². The predicted octanol–water partition coefficient (Wildman–Crippen LogP) is 7.49. The fourth-order valence-electron chi connectivity index (χ4n) is 3.24. The quantitative estimate of drug-likeness (QED) is 0.414. The van der Waals surface area contributed by atoms with Crippen LogP contribution in [0.25, 0.3) is 0 Å². The van der Waals surface area contributed by atoms with Crippen molar-refractivity contribution < 1.29 is 0 Å². The van der Waals surface area contributed by atoms with Gasteiger partial charge in [0.05, 0.1) is 0 Å². The van der Waals surface area contributed by atoms with Gasteiger partial charge in [-0.15, -0.1) is 0 Å². The SMILES string of the molecule is CCCCCCCCCCCC.c1ccc2c(c1)CCCC2. The lowest BCUT2D eigenvalue weighted by molar-refractivity contribution is 0.562. The summed E-state index contributed by atoms with van der Waals surface area (Å²) in [5.41, 5.74) is 3.16. The molecule has 0 aliphatic heterocycles. The molecule has 1 aromatic carbocycles. The molecule has 0 fully saturated rings. The molecule has 1 aromatic rings. The maximum absolute atomic E-state index is 2.28. The molecule has 0 heterocycles. The van der Waals surface area contributed by atoms with Gasteiger partial charge in [-0.05, 0) is 36.8 Å². The van der Waals surface area contributed by atoms with Crippen LogP contribution in [0, 0.1) is 0 Å². The van der Waals surface area contributed by atoms with Crippen LogP contribution < -0.4 is 0 Å². The topological polar surface area (TPSA) is 0 Å². The van der Waals surface area contributed by atoms with E-state index in [2.05, 4.69) is 38.1 Å². The van der Waals surface area contributed by atoms with Crippen molar-refractivity contribution in [2.45, 2.75) is 104 Å². The Morgan fingerprint density at radius 1 is 0.591 bits per heavy atom. The van der Waals surface area contributed by atoms with Gasteiger partial charge in [-0.3, -0.25) is 0 Å². The molecule has 2 rings (SSSR count). The molecule has 22 heavy (non-hydrogen) atoms. The Morgan fingerprint density at radius 3 is 1.32 bits per heavy atom. The molecule has 1 aliphatic carbocycles. The minimum absolute atomic E-state index is 1.30. The first kappa shape index (κ1) is 19.3. The zero-order valence-electron chi connectivity index (χ0n) is 15.2. The number of hydrogen-bond acceptors (Lipinski definition) is 0. The Bertz CT molecular complexity index is 318. The highest BCUT2D eigenvalue weighted by Crippen LogP contribution is 2.19. The molecule has 1 aliphatic rings. The fourth-order valence-corrected chi connectivity index (χ4v) is 3.24. The van der Waals surface area contributed by atoms with E-state index in [1.165, 1.54) is 89.9 Å². The zero-order valence-corrected chi connectivity index (χ0v) is 15.2. The summed E-state index contributed by atoms with van der Waals surface area (Å²) in [6.45, 7) is 4.56. The molecule has 0 bridgehead atoms. The first-order valence-electron chi connectivity index (χ1n) is 9.95. The van der Waals surface area contributed by atoms with E-state index in [0.29, 0.717) is 0 Å². The molecular weight excluding hydrogens is 264 g/mol. The van der Waals surface area contributed by atoms with Crippen molar-refractivity contribution in [1.29, 1.82) is 0 Å². The third-order valence-electron chi connectivity index (χ3n) is 4.72. The second-order valence-corrected chi connectivity index (χ2v) is 6.80. The minimum Gasteiger partial charge on any atom is -0.0654 e. The summed E-state index contributed by atoms with van der Waals surface area (Å²) >= 11 is 0. The van der Waals surface area contributed by atoms with Crippen molar-refractivity contribution in [3.05, 3.63) is 35.4 Å². The Balaban J connectivity index is 0.000000222. The molecule has 0 N–H and O–H groups in total. The summed E-state index contributed by atoms with van der Waals surface area (Å²) in [6, 6.07) is 8.80. The summed E-state index contributed by atoms with van der Waals surface area (Å²) in [5.74, 6) is 0. The molecule has 0 saturated carbocycles. The highest BCUT2D eigenvalue weighted by atomic mass is 14.1. The Hall–Kier alpha value is -0.780. The van der Waals surface area contributed by atoms with E-state index in [-0.39, 0.29) is 0 Å². The van der Waals surface area contributed by atoms with E-state index in [0.717, 1.165) is 0 Å². The second kappa shape index (κ2) is 13.9. The normalized spacial score (nSPS) is 13.2. The fraction of sp³-hybridized carbons (Fsp3) is 0.727. The van der Waals surface area contributed by atoms with Gasteiger partial charge in [0.1, 0.15) is 0 Å².